The molecule has 0 bridgehead atoms. The summed E-state index contributed by atoms with van der Waals surface area (Å²) in [5.74, 6) is 0.555. The molecule has 1 saturated carbocycles. The number of fused-ring (bicyclic) bond motifs is 1. The molecule has 1 aromatic heterocycles. The predicted molar refractivity (Wildman–Crippen MR) is 131 cm³/mol. The Morgan fingerprint density at radius 3 is 2.41 bits per heavy atom. The summed E-state index contributed by atoms with van der Waals surface area (Å²) in [5, 5.41) is 11.3. The van der Waals surface area contributed by atoms with Crippen molar-refractivity contribution in [2.75, 3.05) is 4.72 Å². The van der Waals surface area contributed by atoms with Crippen molar-refractivity contribution < 1.29 is 17.9 Å². The third kappa shape index (κ3) is 4.62. The van der Waals surface area contributed by atoms with Gasteiger partial charge in [0.1, 0.15) is 11.5 Å². The van der Waals surface area contributed by atoms with Gasteiger partial charge in [-0.3, -0.25) is 4.72 Å². The van der Waals surface area contributed by atoms with Gasteiger partial charge in [0.25, 0.3) is 10.0 Å². The molecular formula is C27H29NO5S. The maximum absolute atomic E-state index is 13.1. The molecule has 0 spiro atoms. The van der Waals surface area contributed by atoms with Crippen molar-refractivity contribution in [1.29, 1.82) is 0 Å². The Labute approximate surface area is 199 Å². The lowest BCUT2D eigenvalue weighted by atomic mass is 9.85. The molecule has 0 saturated heterocycles. The van der Waals surface area contributed by atoms with Gasteiger partial charge in [-0.1, -0.05) is 43.2 Å². The predicted octanol–water partition coefficient (Wildman–Crippen LogP) is 5.35. The molecule has 2 N–H and O–H groups in total. The minimum absolute atomic E-state index is 0.0697. The van der Waals surface area contributed by atoms with Gasteiger partial charge >= 0.3 is 5.63 Å². The van der Waals surface area contributed by atoms with E-state index < -0.39 is 15.6 Å². The van der Waals surface area contributed by atoms with Crippen LogP contribution in [-0.4, -0.2) is 13.5 Å². The monoisotopic (exact) mass is 479 g/mol. The van der Waals surface area contributed by atoms with E-state index >= 15 is 0 Å². The molecular weight excluding hydrogens is 450 g/mol. The maximum Gasteiger partial charge on any atom is 0.343 e. The summed E-state index contributed by atoms with van der Waals surface area (Å²) in [6, 6.07) is 15.3. The summed E-state index contributed by atoms with van der Waals surface area (Å²) in [7, 11) is -3.74. The van der Waals surface area contributed by atoms with Gasteiger partial charge in [-0.15, -0.1) is 0 Å². The average Bonchev–Trinajstić information content (AvgIpc) is 3.63. The highest BCUT2D eigenvalue weighted by atomic mass is 32.2. The molecule has 3 aromatic rings. The zero-order valence-corrected chi connectivity index (χ0v) is 19.8. The molecule has 1 atom stereocenters. The smallest absolute Gasteiger partial charge is 0.343 e. The van der Waals surface area contributed by atoms with Gasteiger partial charge in [-0.25, -0.2) is 13.2 Å². The van der Waals surface area contributed by atoms with Crippen molar-refractivity contribution in [3.8, 4) is 5.75 Å². The lowest BCUT2D eigenvalue weighted by molar-refractivity contribution is 0.382. The number of nitrogens with one attached hydrogen (secondary N) is 1. The van der Waals surface area contributed by atoms with Crippen LogP contribution in [0, 0.1) is 5.92 Å². The topological polar surface area (TPSA) is 96.6 Å². The van der Waals surface area contributed by atoms with Gasteiger partial charge in [-0.2, -0.15) is 0 Å². The minimum Gasteiger partial charge on any atom is -0.507 e. The van der Waals surface area contributed by atoms with Crippen LogP contribution >= 0.6 is 0 Å². The van der Waals surface area contributed by atoms with E-state index in [0.29, 0.717) is 29.9 Å². The molecule has 178 valence electrons. The first kappa shape index (κ1) is 22.7. The van der Waals surface area contributed by atoms with Gasteiger partial charge in [0.15, 0.2) is 0 Å². The number of hydrogen-bond donors (Lipinski definition) is 2. The van der Waals surface area contributed by atoms with Crippen LogP contribution in [-0.2, 0) is 22.9 Å². The van der Waals surface area contributed by atoms with Crippen LogP contribution < -0.4 is 10.3 Å². The van der Waals surface area contributed by atoms with E-state index in [0.717, 1.165) is 49.7 Å². The lowest BCUT2D eigenvalue weighted by Crippen LogP contribution is -2.19. The molecule has 5 rings (SSSR count). The molecule has 1 fully saturated rings. The van der Waals surface area contributed by atoms with E-state index in [1.165, 1.54) is 0 Å². The summed E-state index contributed by atoms with van der Waals surface area (Å²) in [6.07, 6.45) is 7.37. The van der Waals surface area contributed by atoms with Crippen molar-refractivity contribution in [2.24, 2.45) is 5.92 Å². The Balaban J connectivity index is 1.53. The molecule has 6 nitrogen and oxygen atoms in total. The molecule has 2 aliphatic rings. The highest BCUT2D eigenvalue weighted by Crippen LogP contribution is 2.49. The van der Waals surface area contributed by atoms with Crippen molar-refractivity contribution >= 4 is 15.7 Å². The van der Waals surface area contributed by atoms with Gasteiger partial charge in [0, 0.05) is 23.6 Å². The van der Waals surface area contributed by atoms with Crippen LogP contribution in [0.2, 0.25) is 0 Å². The number of hydrogen-bond acceptors (Lipinski definition) is 5. The SMILES string of the molecule is O=c1oc2c(c(O)c1C(c1cccc(NS(=O)(=O)c3ccccc3)c1)C1CC1)CCCCCC2. The number of anilines is 1. The molecule has 2 aliphatic carbocycles. The first-order chi connectivity index (χ1) is 16.4. The van der Waals surface area contributed by atoms with E-state index in [4.69, 9.17) is 4.42 Å². The Kier molecular flexibility index (Phi) is 6.21. The number of sulfonamides is 1. The van der Waals surface area contributed by atoms with Crippen molar-refractivity contribution in [1.82, 2.24) is 0 Å². The first-order valence-corrected chi connectivity index (χ1v) is 13.5. The second kappa shape index (κ2) is 9.29. The third-order valence-corrected chi connectivity index (χ3v) is 8.25. The Morgan fingerprint density at radius 1 is 0.941 bits per heavy atom. The quantitative estimate of drug-likeness (QED) is 0.497. The number of benzene rings is 2. The first-order valence-electron chi connectivity index (χ1n) is 12.0. The average molecular weight is 480 g/mol. The van der Waals surface area contributed by atoms with Gasteiger partial charge in [0.05, 0.1) is 10.5 Å². The molecule has 34 heavy (non-hydrogen) atoms. The zero-order valence-electron chi connectivity index (χ0n) is 19.0. The summed E-state index contributed by atoms with van der Waals surface area (Å²) >= 11 is 0. The van der Waals surface area contributed by atoms with Gasteiger partial charge < -0.3 is 9.52 Å². The Bertz CT molecular complexity index is 1340. The third-order valence-electron chi connectivity index (χ3n) is 6.85. The van der Waals surface area contributed by atoms with Crippen LogP contribution in [0.5, 0.6) is 5.75 Å². The zero-order chi connectivity index (χ0) is 23.7. The molecule has 2 aromatic carbocycles. The number of aryl methyl sites for hydroxylation is 1. The number of aromatic hydroxyl groups is 1. The largest absolute Gasteiger partial charge is 0.507 e. The Morgan fingerprint density at radius 2 is 1.68 bits per heavy atom. The highest BCUT2D eigenvalue weighted by Gasteiger charge is 2.38. The molecule has 0 aliphatic heterocycles. The van der Waals surface area contributed by atoms with Gasteiger partial charge in [-0.05, 0) is 67.9 Å². The standard InChI is InChI=1S/C27H29NO5S/c29-26-22-13-6-1-2-7-14-23(22)33-27(30)25(26)24(18-15-16-18)19-9-8-10-20(17-19)28-34(31,32)21-11-4-3-5-12-21/h3-5,8-12,17-18,24,28-29H,1-2,6-7,13-16H2. The van der Waals surface area contributed by atoms with Crippen LogP contribution in [0.15, 0.2) is 68.7 Å². The molecule has 1 heterocycles. The van der Waals surface area contributed by atoms with E-state index in [9.17, 15) is 18.3 Å². The molecule has 1 unspecified atom stereocenters. The van der Waals surface area contributed by atoms with E-state index in [-0.39, 0.29) is 22.5 Å². The summed E-state index contributed by atoms with van der Waals surface area (Å²) in [5.41, 5.74) is 1.81. The van der Waals surface area contributed by atoms with Crippen molar-refractivity contribution in [2.45, 2.75) is 62.2 Å². The second-order valence-corrected chi connectivity index (χ2v) is 11.0. The number of rotatable bonds is 6. The minimum atomic E-state index is -3.74. The van der Waals surface area contributed by atoms with E-state index in [2.05, 4.69) is 4.72 Å². The van der Waals surface area contributed by atoms with Crippen LogP contribution in [0.1, 0.15) is 66.9 Å². The fourth-order valence-corrected chi connectivity index (χ4v) is 6.08. The summed E-state index contributed by atoms with van der Waals surface area (Å²) in [6.45, 7) is 0. The van der Waals surface area contributed by atoms with Crippen LogP contribution in [0.25, 0.3) is 0 Å². The summed E-state index contributed by atoms with van der Waals surface area (Å²) in [4.78, 5) is 13.3. The molecule has 7 heteroatoms. The lowest BCUT2D eigenvalue weighted by Gasteiger charge is -2.22. The fraction of sp³-hybridized carbons (Fsp3) is 0.370. The summed E-state index contributed by atoms with van der Waals surface area (Å²) < 4.78 is 34.0. The second-order valence-electron chi connectivity index (χ2n) is 9.33. The fourth-order valence-electron chi connectivity index (χ4n) is 5.01. The normalized spacial score (nSPS) is 17.3. The maximum atomic E-state index is 13.1. The van der Waals surface area contributed by atoms with E-state index in [1.807, 2.05) is 6.07 Å². The van der Waals surface area contributed by atoms with E-state index in [1.54, 1.807) is 48.5 Å². The van der Waals surface area contributed by atoms with Crippen LogP contribution in [0.4, 0.5) is 5.69 Å². The van der Waals surface area contributed by atoms with Crippen molar-refractivity contribution in [3.63, 3.8) is 0 Å². The van der Waals surface area contributed by atoms with Gasteiger partial charge in [0.2, 0.25) is 0 Å². The van der Waals surface area contributed by atoms with Crippen LogP contribution in [0.3, 0.4) is 0 Å². The van der Waals surface area contributed by atoms with Crippen molar-refractivity contribution in [3.05, 3.63) is 87.5 Å². The molecule has 0 amide bonds. The Hall–Kier alpha value is -3.06. The molecule has 0 radical (unpaired) electrons. The highest BCUT2D eigenvalue weighted by molar-refractivity contribution is 7.92.